The van der Waals surface area contributed by atoms with Gasteiger partial charge in [0.15, 0.2) is 0 Å². The third-order valence-corrected chi connectivity index (χ3v) is 2.78. The van der Waals surface area contributed by atoms with Crippen LogP contribution in [0.15, 0.2) is 36.0 Å². The fourth-order valence-corrected chi connectivity index (χ4v) is 1.84. The SMILES string of the molecule is COC(=O)/C=C(/Nc1ccccc1CC(C)C)C(=O)OC. The largest absolute Gasteiger partial charge is 0.466 e. The minimum atomic E-state index is -0.625. The highest BCUT2D eigenvalue weighted by molar-refractivity contribution is 5.98. The number of nitrogens with one attached hydrogen (secondary N) is 1. The average Bonchev–Trinajstić information content (AvgIpc) is 2.46. The number of hydrogen-bond acceptors (Lipinski definition) is 5. The molecule has 0 saturated heterocycles. The van der Waals surface area contributed by atoms with Crippen molar-refractivity contribution in [1.29, 1.82) is 0 Å². The van der Waals surface area contributed by atoms with Gasteiger partial charge in [-0.2, -0.15) is 0 Å². The summed E-state index contributed by atoms with van der Waals surface area (Å²) in [5.41, 5.74) is 1.87. The van der Waals surface area contributed by atoms with Gasteiger partial charge in [0, 0.05) is 5.69 Å². The molecule has 0 aromatic heterocycles. The van der Waals surface area contributed by atoms with E-state index >= 15 is 0 Å². The van der Waals surface area contributed by atoms with Gasteiger partial charge in [0.25, 0.3) is 0 Å². The maximum atomic E-state index is 11.7. The van der Waals surface area contributed by atoms with Crippen molar-refractivity contribution in [2.24, 2.45) is 5.92 Å². The first-order valence-corrected chi connectivity index (χ1v) is 6.70. The maximum absolute atomic E-state index is 11.7. The minimum absolute atomic E-state index is 0.0422. The van der Waals surface area contributed by atoms with Crippen molar-refractivity contribution in [3.8, 4) is 0 Å². The summed E-state index contributed by atoms with van der Waals surface area (Å²) in [6.45, 7) is 4.23. The molecule has 1 aromatic rings. The summed E-state index contributed by atoms with van der Waals surface area (Å²) in [7, 11) is 2.51. The van der Waals surface area contributed by atoms with Crippen LogP contribution in [0.2, 0.25) is 0 Å². The maximum Gasteiger partial charge on any atom is 0.354 e. The zero-order valence-electron chi connectivity index (χ0n) is 12.8. The van der Waals surface area contributed by atoms with Crippen molar-refractivity contribution in [3.63, 3.8) is 0 Å². The van der Waals surface area contributed by atoms with Crippen LogP contribution in [0.1, 0.15) is 19.4 Å². The number of hydrogen-bond donors (Lipinski definition) is 1. The number of para-hydroxylation sites is 1. The Morgan fingerprint density at radius 3 is 2.43 bits per heavy atom. The van der Waals surface area contributed by atoms with E-state index in [2.05, 4.69) is 28.6 Å². The first kappa shape index (κ1) is 16.8. The zero-order valence-corrected chi connectivity index (χ0v) is 12.8. The molecule has 0 amide bonds. The van der Waals surface area contributed by atoms with E-state index < -0.39 is 11.9 Å². The van der Waals surface area contributed by atoms with Crippen LogP contribution in [0.4, 0.5) is 5.69 Å². The van der Waals surface area contributed by atoms with E-state index in [4.69, 9.17) is 0 Å². The van der Waals surface area contributed by atoms with Gasteiger partial charge in [-0.3, -0.25) is 0 Å². The second-order valence-corrected chi connectivity index (χ2v) is 4.95. The predicted molar refractivity (Wildman–Crippen MR) is 80.7 cm³/mol. The number of carbonyl (C=O) groups is 2. The molecular formula is C16H21NO4. The average molecular weight is 291 g/mol. The van der Waals surface area contributed by atoms with E-state index in [0.717, 1.165) is 23.7 Å². The second-order valence-electron chi connectivity index (χ2n) is 4.95. The van der Waals surface area contributed by atoms with Crippen LogP contribution in [0, 0.1) is 5.92 Å². The number of rotatable bonds is 6. The van der Waals surface area contributed by atoms with Gasteiger partial charge in [-0.25, -0.2) is 9.59 Å². The summed E-state index contributed by atoms with van der Waals surface area (Å²) < 4.78 is 9.22. The lowest BCUT2D eigenvalue weighted by molar-refractivity contribution is -0.138. The second kappa shape index (κ2) is 8.09. The highest BCUT2D eigenvalue weighted by atomic mass is 16.5. The molecule has 0 spiro atoms. The van der Waals surface area contributed by atoms with E-state index in [1.54, 1.807) is 0 Å². The predicted octanol–water partition coefficient (Wildman–Crippen LogP) is 2.53. The quantitative estimate of drug-likeness (QED) is 0.644. The topological polar surface area (TPSA) is 64.6 Å². The molecule has 5 nitrogen and oxygen atoms in total. The van der Waals surface area contributed by atoms with Crippen molar-refractivity contribution in [2.45, 2.75) is 20.3 Å². The number of esters is 2. The Labute approximate surface area is 124 Å². The van der Waals surface area contributed by atoms with Crippen LogP contribution >= 0.6 is 0 Å². The number of methoxy groups -OCH3 is 2. The van der Waals surface area contributed by atoms with Gasteiger partial charge >= 0.3 is 11.9 Å². The first-order valence-electron chi connectivity index (χ1n) is 6.70. The Morgan fingerprint density at radius 1 is 1.19 bits per heavy atom. The molecule has 5 heteroatoms. The summed E-state index contributed by atoms with van der Waals surface area (Å²) >= 11 is 0. The Bertz CT molecular complexity index is 535. The van der Waals surface area contributed by atoms with E-state index in [-0.39, 0.29) is 5.70 Å². The molecule has 1 aromatic carbocycles. The minimum Gasteiger partial charge on any atom is -0.466 e. The highest BCUT2D eigenvalue weighted by Crippen LogP contribution is 2.20. The number of anilines is 1. The van der Waals surface area contributed by atoms with Crippen LogP contribution in [-0.4, -0.2) is 26.2 Å². The van der Waals surface area contributed by atoms with E-state index in [1.165, 1.54) is 14.2 Å². The molecule has 0 fully saturated rings. The summed E-state index contributed by atoms with van der Waals surface area (Å²) in [6, 6.07) is 7.63. The van der Waals surface area contributed by atoms with E-state index in [9.17, 15) is 9.59 Å². The fraction of sp³-hybridized carbons (Fsp3) is 0.375. The monoisotopic (exact) mass is 291 g/mol. The molecule has 0 aliphatic carbocycles. The van der Waals surface area contributed by atoms with Crippen LogP contribution in [0.25, 0.3) is 0 Å². The van der Waals surface area contributed by atoms with Crippen molar-refractivity contribution >= 4 is 17.6 Å². The molecule has 21 heavy (non-hydrogen) atoms. The standard InChI is InChI=1S/C16H21NO4/c1-11(2)9-12-7-5-6-8-13(12)17-14(16(19)21-4)10-15(18)20-3/h5-8,10-11,17H,9H2,1-4H3/b14-10+. The lowest BCUT2D eigenvalue weighted by Gasteiger charge is -2.14. The van der Waals surface area contributed by atoms with E-state index in [0.29, 0.717) is 5.92 Å². The summed E-state index contributed by atoms with van der Waals surface area (Å²) in [4.78, 5) is 23.1. The van der Waals surface area contributed by atoms with Gasteiger partial charge in [0.1, 0.15) is 5.70 Å². The normalized spacial score (nSPS) is 11.2. The molecule has 1 rings (SSSR count). The van der Waals surface area contributed by atoms with Crippen LogP contribution in [0.5, 0.6) is 0 Å². The molecule has 0 unspecified atom stereocenters. The first-order chi connectivity index (χ1) is 9.97. The Morgan fingerprint density at radius 2 is 1.86 bits per heavy atom. The third-order valence-electron chi connectivity index (χ3n) is 2.78. The number of ether oxygens (including phenoxy) is 2. The highest BCUT2D eigenvalue weighted by Gasteiger charge is 2.14. The third kappa shape index (κ3) is 5.30. The lowest BCUT2D eigenvalue weighted by atomic mass is 10.0. The Kier molecular flexibility index (Phi) is 6.46. The molecular weight excluding hydrogens is 270 g/mol. The van der Waals surface area contributed by atoms with Crippen LogP contribution in [0.3, 0.4) is 0 Å². The lowest BCUT2D eigenvalue weighted by Crippen LogP contribution is -2.16. The van der Waals surface area contributed by atoms with Crippen molar-refractivity contribution in [3.05, 3.63) is 41.6 Å². The van der Waals surface area contributed by atoms with Crippen molar-refractivity contribution in [2.75, 3.05) is 19.5 Å². The van der Waals surface area contributed by atoms with Crippen LogP contribution < -0.4 is 5.32 Å². The summed E-state index contributed by atoms with van der Waals surface area (Å²) in [5, 5.41) is 2.95. The number of benzene rings is 1. The molecule has 0 aliphatic heterocycles. The Balaban J connectivity index is 3.06. The van der Waals surface area contributed by atoms with E-state index in [1.807, 2.05) is 24.3 Å². The van der Waals surface area contributed by atoms with Gasteiger partial charge < -0.3 is 14.8 Å². The summed E-state index contributed by atoms with van der Waals surface area (Å²) in [6.07, 6.45) is 1.94. The molecule has 0 radical (unpaired) electrons. The molecule has 0 aliphatic rings. The van der Waals surface area contributed by atoms with Gasteiger partial charge in [-0.1, -0.05) is 32.0 Å². The summed E-state index contributed by atoms with van der Waals surface area (Å²) in [5.74, 6) is -0.775. The van der Waals surface area contributed by atoms with Gasteiger partial charge in [0.05, 0.1) is 20.3 Å². The molecule has 0 atom stereocenters. The van der Waals surface area contributed by atoms with Crippen LogP contribution in [-0.2, 0) is 25.5 Å². The van der Waals surface area contributed by atoms with Gasteiger partial charge in [-0.05, 0) is 24.0 Å². The van der Waals surface area contributed by atoms with Crippen molar-refractivity contribution < 1.29 is 19.1 Å². The number of carbonyl (C=O) groups excluding carboxylic acids is 2. The molecule has 0 saturated carbocycles. The molecule has 1 N–H and O–H groups in total. The molecule has 0 heterocycles. The van der Waals surface area contributed by atoms with Gasteiger partial charge in [-0.15, -0.1) is 0 Å². The molecule has 0 bridgehead atoms. The molecule has 114 valence electrons. The van der Waals surface area contributed by atoms with Gasteiger partial charge in [0.2, 0.25) is 0 Å². The fourth-order valence-electron chi connectivity index (χ4n) is 1.84. The Hall–Kier alpha value is -2.30. The smallest absolute Gasteiger partial charge is 0.354 e. The van der Waals surface area contributed by atoms with Crippen molar-refractivity contribution in [1.82, 2.24) is 0 Å². The zero-order chi connectivity index (χ0) is 15.8.